The summed E-state index contributed by atoms with van der Waals surface area (Å²) in [6.45, 7) is 3.27. The average molecular weight is 311 g/mol. The monoisotopic (exact) mass is 311 g/mol. The van der Waals surface area contributed by atoms with E-state index in [-0.39, 0.29) is 5.92 Å². The Balaban J connectivity index is 1.82. The number of anilines is 1. The first-order valence-corrected chi connectivity index (χ1v) is 7.73. The second-order valence-electron chi connectivity index (χ2n) is 5.95. The van der Waals surface area contributed by atoms with E-state index in [0.29, 0.717) is 25.9 Å². The summed E-state index contributed by atoms with van der Waals surface area (Å²) in [6.07, 6.45) is 1.29. The van der Waals surface area contributed by atoms with E-state index in [2.05, 4.69) is 15.1 Å². The van der Waals surface area contributed by atoms with Gasteiger partial charge in [0, 0.05) is 23.9 Å². The maximum Gasteiger partial charge on any atom is 0.306 e. The molecule has 1 saturated heterocycles. The molecule has 3 heterocycles. The largest absolute Gasteiger partial charge is 0.481 e. The van der Waals surface area contributed by atoms with Gasteiger partial charge in [0.05, 0.1) is 5.92 Å². The number of piperidine rings is 1. The Morgan fingerprint density at radius 2 is 1.87 bits per heavy atom. The van der Waals surface area contributed by atoms with Crippen molar-refractivity contribution in [2.24, 2.45) is 5.92 Å². The summed E-state index contributed by atoms with van der Waals surface area (Å²) < 4.78 is 1.76. The first-order valence-electron chi connectivity index (χ1n) is 7.73. The fraction of sp³-hybridized carbons (Fsp3) is 0.375. The van der Waals surface area contributed by atoms with Crippen molar-refractivity contribution in [3.8, 4) is 0 Å². The van der Waals surface area contributed by atoms with Gasteiger partial charge < -0.3 is 10.0 Å². The molecule has 3 aromatic rings. The smallest absolute Gasteiger partial charge is 0.306 e. The molecule has 118 valence electrons. The van der Waals surface area contributed by atoms with Crippen LogP contribution in [-0.2, 0) is 4.79 Å². The predicted molar refractivity (Wildman–Crippen MR) is 85.6 cm³/mol. The third-order valence-corrected chi connectivity index (χ3v) is 4.54. The Morgan fingerprint density at radius 3 is 2.57 bits per heavy atom. The van der Waals surface area contributed by atoms with Gasteiger partial charge in [-0.25, -0.2) is 0 Å². The van der Waals surface area contributed by atoms with Crippen molar-refractivity contribution in [1.29, 1.82) is 0 Å². The summed E-state index contributed by atoms with van der Waals surface area (Å²) in [7, 11) is 0. The zero-order valence-electron chi connectivity index (χ0n) is 12.8. The van der Waals surface area contributed by atoms with Crippen LogP contribution >= 0.6 is 0 Å². The van der Waals surface area contributed by atoms with Gasteiger partial charge in [-0.1, -0.05) is 24.3 Å². The number of hydrogen-bond acceptors (Lipinski definition) is 5. The summed E-state index contributed by atoms with van der Waals surface area (Å²) >= 11 is 0. The second kappa shape index (κ2) is 5.19. The first-order chi connectivity index (χ1) is 11.1. The van der Waals surface area contributed by atoms with E-state index in [0.717, 1.165) is 28.1 Å². The second-order valence-corrected chi connectivity index (χ2v) is 5.95. The van der Waals surface area contributed by atoms with Crippen LogP contribution in [0.3, 0.4) is 0 Å². The number of nitrogens with zero attached hydrogens (tertiary/aromatic N) is 5. The van der Waals surface area contributed by atoms with E-state index < -0.39 is 5.97 Å². The van der Waals surface area contributed by atoms with Crippen molar-refractivity contribution < 1.29 is 9.90 Å². The molecule has 1 fully saturated rings. The number of aliphatic carboxylic acids is 1. The first kappa shape index (κ1) is 13.9. The molecule has 0 bridgehead atoms. The van der Waals surface area contributed by atoms with Crippen molar-refractivity contribution in [2.45, 2.75) is 19.8 Å². The molecule has 0 atom stereocenters. The van der Waals surface area contributed by atoms with Gasteiger partial charge in [0.15, 0.2) is 17.3 Å². The number of fused-ring (bicyclic) bond motifs is 3. The Morgan fingerprint density at radius 1 is 1.17 bits per heavy atom. The van der Waals surface area contributed by atoms with Crippen molar-refractivity contribution >= 4 is 28.2 Å². The van der Waals surface area contributed by atoms with E-state index in [1.807, 2.05) is 31.2 Å². The van der Waals surface area contributed by atoms with E-state index in [1.165, 1.54) is 0 Å². The minimum atomic E-state index is -0.701. The number of hydrogen-bond donors (Lipinski definition) is 1. The number of carboxylic acid groups (broad SMARTS) is 1. The van der Waals surface area contributed by atoms with Gasteiger partial charge in [0.1, 0.15) is 0 Å². The summed E-state index contributed by atoms with van der Waals surface area (Å²) in [4.78, 5) is 13.3. The van der Waals surface area contributed by atoms with Crippen molar-refractivity contribution in [2.75, 3.05) is 18.0 Å². The summed E-state index contributed by atoms with van der Waals surface area (Å²) in [5.41, 5.74) is 0.752. The number of carboxylic acids is 1. The highest BCUT2D eigenvalue weighted by atomic mass is 16.4. The van der Waals surface area contributed by atoms with Crippen molar-refractivity contribution in [3.63, 3.8) is 0 Å². The summed E-state index contributed by atoms with van der Waals surface area (Å²) in [5.74, 6) is 0.665. The van der Waals surface area contributed by atoms with E-state index >= 15 is 0 Å². The molecule has 0 unspecified atom stereocenters. The molecular formula is C16H17N5O2. The Kier molecular flexibility index (Phi) is 3.14. The van der Waals surface area contributed by atoms with Crippen molar-refractivity contribution in [3.05, 3.63) is 30.1 Å². The fourth-order valence-corrected chi connectivity index (χ4v) is 3.24. The molecule has 0 amide bonds. The maximum absolute atomic E-state index is 11.1. The van der Waals surface area contributed by atoms with E-state index in [4.69, 9.17) is 10.2 Å². The highest BCUT2D eigenvalue weighted by molar-refractivity contribution is 6.00. The molecule has 0 radical (unpaired) electrons. The van der Waals surface area contributed by atoms with Gasteiger partial charge in [0.25, 0.3) is 0 Å². The Bertz CT molecular complexity index is 896. The number of benzene rings is 1. The normalized spacial score (nSPS) is 16.3. The molecule has 2 aromatic heterocycles. The summed E-state index contributed by atoms with van der Waals surface area (Å²) in [6, 6.07) is 8.02. The van der Waals surface area contributed by atoms with Crippen LogP contribution in [0.15, 0.2) is 24.3 Å². The molecule has 0 saturated carbocycles. The molecule has 1 N–H and O–H groups in total. The standard InChI is InChI=1S/C16H17N5O2/c1-10-17-18-14-12-4-2-3-5-13(12)15(19-21(10)14)20-8-6-11(7-9-20)16(22)23/h2-5,11H,6-9H2,1H3,(H,22,23). The lowest BCUT2D eigenvalue weighted by molar-refractivity contribution is -0.142. The number of aryl methyl sites for hydroxylation is 1. The molecule has 7 nitrogen and oxygen atoms in total. The number of aromatic nitrogens is 4. The molecule has 4 rings (SSSR count). The lowest BCUT2D eigenvalue weighted by Gasteiger charge is -2.31. The fourth-order valence-electron chi connectivity index (χ4n) is 3.24. The number of carbonyl (C=O) groups is 1. The van der Waals surface area contributed by atoms with Crippen LogP contribution in [0.2, 0.25) is 0 Å². The molecule has 1 aromatic carbocycles. The Hall–Kier alpha value is -2.70. The van der Waals surface area contributed by atoms with Gasteiger partial charge in [-0.2, -0.15) is 4.52 Å². The van der Waals surface area contributed by atoms with Crippen LogP contribution in [0, 0.1) is 12.8 Å². The zero-order chi connectivity index (χ0) is 16.0. The molecule has 7 heteroatoms. The molecule has 1 aliphatic heterocycles. The SMILES string of the molecule is Cc1nnc2c3ccccc3c(N3CCC(C(=O)O)CC3)nn12. The minimum absolute atomic E-state index is 0.252. The molecule has 1 aliphatic rings. The maximum atomic E-state index is 11.1. The lowest BCUT2D eigenvalue weighted by atomic mass is 9.97. The van der Waals surface area contributed by atoms with Gasteiger partial charge in [-0.05, 0) is 19.8 Å². The lowest BCUT2D eigenvalue weighted by Crippen LogP contribution is -2.37. The minimum Gasteiger partial charge on any atom is -0.481 e. The van der Waals surface area contributed by atoms with Crippen LogP contribution in [0.4, 0.5) is 5.82 Å². The van der Waals surface area contributed by atoms with Gasteiger partial charge in [0.2, 0.25) is 0 Å². The van der Waals surface area contributed by atoms with Gasteiger partial charge in [-0.3, -0.25) is 4.79 Å². The third-order valence-electron chi connectivity index (χ3n) is 4.54. The van der Waals surface area contributed by atoms with Crippen LogP contribution < -0.4 is 4.90 Å². The number of rotatable bonds is 2. The molecule has 0 aliphatic carbocycles. The van der Waals surface area contributed by atoms with E-state index in [9.17, 15) is 4.79 Å². The van der Waals surface area contributed by atoms with Gasteiger partial charge in [-0.15, -0.1) is 15.3 Å². The van der Waals surface area contributed by atoms with Crippen LogP contribution in [-0.4, -0.2) is 44.0 Å². The molecule has 0 spiro atoms. The average Bonchev–Trinajstić information content (AvgIpc) is 2.95. The molecular weight excluding hydrogens is 294 g/mol. The quantitative estimate of drug-likeness (QED) is 0.778. The predicted octanol–water partition coefficient (Wildman–Crippen LogP) is 1.89. The highest BCUT2D eigenvalue weighted by Crippen LogP contribution is 2.30. The van der Waals surface area contributed by atoms with Crippen LogP contribution in [0.1, 0.15) is 18.7 Å². The van der Waals surface area contributed by atoms with Crippen molar-refractivity contribution in [1.82, 2.24) is 19.8 Å². The van der Waals surface area contributed by atoms with Crippen LogP contribution in [0.25, 0.3) is 16.4 Å². The summed E-state index contributed by atoms with van der Waals surface area (Å²) in [5, 5.41) is 24.3. The van der Waals surface area contributed by atoms with Crippen LogP contribution in [0.5, 0.6) is 0 Å². The zero-order valence-corrected chi connectivity index (χ0v) is 12.8. The van der Waals surface area contributed by atoms with Gasteiger partial charge >= 0.3 is 5.97 Å². The third kappa shape index (κ3) is 2.19. The topological polar surface area (TPSA) is 83.6 Å². The van der Waals surface area contributed by atoms with E-state index in [1.54, 1.807) is 4.52 Å². The molecule has 23 heavy (non-hydrogen) atoms. The highest BCUT2D eigenvalue weighted by Gasteiger charge is 2.26. The Labute approximate surface area is 132 Å².